The van der Waals surface area contributed by atoms with E-state index in [9.17, 15) is 13.6 Å². The molecule has 0 atom stereocenters. The topological polar surface area (TPSA) is 45.2 Å². The Hall–Kier alpha value is -3.28. The second kappa shape index (κ2) is 7.15. The van der Waals surface area contributed by atoms with Crippen molar-refractivity contribution in [3.8, 4) is 0 Å². The lowest BCUT2D eigenvalue weighted by Crippen LogP contribution is -2.35. The molecule has 4 rings (SSSR count). The summed E-state index contributed by atoms with van der Waals surface area (Å²) in [5.41, 5.74) is 2.97. The predicted molar refractivity (Wildman–Crippen MR) is 100 cm³/mol. The summed E-state index contributed by atoms with van der Waals surface area (Å²) in [4.78, 5) is 18.9. The molecule has 0 spiro atoms. The van der Waals surface area contributed by atoms with Crippen LogP contribution in [0, 0.1) is 11.6 Å². The monoisotopic (exact) mass is 365 g/mol. The lowest BCUT2D eigenvalue weighted by molar-refractivity contribution is 0.0985. The highest BCUT2D eigenvalue weighted by molar-refractivity contribution is 6.06. The van der Waals surface area contributed by atoms with Crippen molar-refractivity contribution in [1.29, 1.82) is 0 Å². The van der Waals surface area contributed by atoms with E-state index >= 15 is 0 Å². The van der Waals surface area contributed by atoms with Crippen molar-refractivity contribution in [3.05, 3.63) is 83.6 Å². The number of carbonyl (C=O) groups is 1. The zero-order chi connectivity index (χ0) is 18.8. The molecule has 1 aliphatic rings. The Morgan fingerprint density at radius 3 is 2.67 bits per heavy atom. The first kappa shape index (κ1) is 17.1. The van der Waals surface area contributed by atoms with E-state index in [4.69, 9.17) is 0 Å². The third-order valence-corrected chi connectivity index (χ3v) is 4.56. The molecule has 0 saturated carbocycles. The van der Waals surface area contributed by atoms with E-state index < -0.39 is 11.6 Å². The van der Waals surface area contributed by atoms with Gasteiger partial charge in [0.15, 0.2) is 11.6 Å². The molecule has 1 N–H and O–H groups in total. The molecule has 1 aliphatic heterocycles. The van der Waals surface area contributed by atoms with E-state index in [0.717, 1.165) is 30.7 Å². The lowest BCUT2D eigenvalue weighted by atomic mass is 10.0. The molecule has 3 aromatic rings. The first-order chi connectivity index (χ1) is 13.1. The van der Waals surface area contributed by atoms with Crippen LogP contribution in [0.1, 0.15) is 22.3 Å². The van der Waals surface area contributed by atoms with Gasteiger partial charge >= 0.3 is 0 Å². The molecular formula is C21H17F2N3O. The van der Waals surface area contributed by atoms with Crippen LogP contribution in [-0.4, -0.2) is 17.4 Å². The van der Waals surface area contributed by atoms with Gasteiger partial charge in [0.1, 0.15) is 5.82 Å². The molecule has 0 bridgehead atoms. The van der Waals surface area contributed by atoms with Gasteiger partial charge in [0, 0.05) is 30.2 Å². The average molecular weight is 365 g/mol. The number of nitrogens with zero attached hydrogens (tertiary/aromatic N) is 2. The second-order valence-electron chi connectivity index (χ2n) is 6.38. The Morgan fingerprint density at radius 2 is 1.89 bits per heavy atom. The number of nitrogens with one attached hydrogen (secondary N) is 1. The highest BCUT2D eigenvalue weighted by Gasteiger charge is 2.23. The van der Waals surface area contributed by atoms with E-state index in [1.165, 1.54) is 17.8 Å². The number of hydrogen-bond acceptors (Lipinski definition) is 3. The van der Waals surface area contributed by atoms with Crippen LogP contribution in [0.25, 0.3) is 0 Å². The minimum Gasteiger partial charge on any atom is -0.340 e. The molecule has 6 heteroatoms. The number of halogens is 2. The van der Waals surface area contributed by atoms with E-state index in [1.54, 1.807) is 17.0 Å². The van der Waals surface area contributed by atoms with Gasteiger partial charge in [-0.15, -0.1) is 0 Å². The summed E-state index contributed by atoms with van der Waals surface area (Å²) in [6, 6.07) is 14.7. The first-order valence-corrected chi connectivity index (χ1v) is 8.70. The Bertz CT molecular complexity index is 989. The Balaban J connectivity index is 1.52. The van der Waals surface area contributed by atoms with Crippen LogP contribution in [-0.2, 0) is 6.42 Å². The Kier molecular flexibility index (Phi) is 4.54. The normalized spacial score (nSPS) is 13.2. The number of rotatable bonds is 3. The fourth-order valence-corrected chi connectivity index (χ4v) is 3.22. The van der Waals surface area contributed by atoms with Gasteiger partial charge in [-0.3, -0.25) is 4.79 Å². The molecular weight excluding hydrogens is 348 g/mol. The third kappa shape index (κ3) is 3.51. The second-order valence-corrected chi connectivity index (χ2v) is 6.38. The van der Waals surface area contributed by atoms with Gasteiger partial charge in [0.25, 0.3) is 5.91 Å². The molecule has 2 heterocycles. The van der Waals surface area contributed by atoms with E-state index in [0.29, 0.717) is 23.6 Å². The summed E-state index contributed by atoms with van der Waals surface area (Å²) in [5.74, 6) is -1.50. The molecule has 1 aromatic heterocycles. The van der Waals surface area contributed by atoms with Crippen LogP contribution in [0.3, 0.4) is 0 Å². The van der Waals surface area contributed by atoms with E-state index in [2.05, 4.69) is 10.3 Å². The number of benzene rings is 2. The maximum Gasteiger partial charge on any atom is 0.259 e. The van der Waals surface area contributed by atoms with Crippen molar-refractivity contribution in [2.45, 2.75) is 12.8 Å². The Labute approximate surface area is 155 Å². The van der Waals surface area contributed by atoms with Gasteiger partial charge < -0.3 is 10.2 Å². The molecule has 0 radical (unpaired) electrons. The first-order valence-electron chi connectivity index (χ1n) is 8.70. The lowest BCUT2D eigenvalue weighted by Gasteiger charge is -2.29. The summed E-state index contributed by atoms with van der Waals surface area (Å²) in [7, 11) is 0. The highest BCUT2D eigenvalue weighted by atomic mass is 19.2. The zero-order valence-corrected chi connectivity index (χ0v) is 14.5. The zero-order valence-electron chi connectivity index (χ0n) is 14.5. The summed E-state index contributed by atoms with van der Waals surface area (Å²) >= 11 is 0. The molecule has 0 aliphatic carbocycles. The maximum absolute atomic E-state index is 13.3. The summed E-state index contributed by atoms with van der Waals surface area (Å²) in [6.45, 7) is 0.671. The fourth-order valence-electron chi connectivity index (χ4n) is 3.22. The number of fused-ring (bicyclic) bond motifs is 1. The van der Waals surface area contributed by atoms with Crippen LogP contribution in [0.5, 0.6) is 0 Å². The van der Waals surface area contributed by atoms with Crippen LogP contribution in [0.15, 0.2) is 60.8 Å². The van der Waals surface area contributed by atoms with Crippen LogP contribution < -0.4 is 10.2 Å². The molecule has 136 valence electrons. The van der Waals surface area contributed by atoms with Gasteiger partial charge in [-0.05, 0) is 48.7 Å². The van der Waals surface area contributed by atoms with Crippen LogP contribution in [0.4, 0.5) is 26.0 Å². The minimum atomic E-state index is -0.935. The molecule has 1 amide bonds. The number of pyridine rings is 1. The van der Waals surface area contributed by atoms with Crippen LogP contribution >= 0.6 is 0 Å². The van der Waals surface area contributed by atoms with E-state index in [-0.39, 0.29) is 5.91 Å². The summed E-state index contributed by atoms with van der Waals surface area (Å²) in [5, 5.41) is 2.89. The average Bonchev–Trinajstić information content (AvgIpc) is 2.70. The number of amides is 1. The van der Waals surface area contributed by atoms with Crippen molar-refractivity contribution in [1.82, 2.24) is 4.98 Å². The summed E-state index contributed by atoms with van der Waals surface area (Å²) < 4.78 is 26.3. The van der Waals surface area contributed by atoms with Crippen molar-refractivity contribution >= 4 is 23.1 Å². The maximum atomic E-state index is 13.3. The van der Waals surface area contributed by atoms with Gasteiger partial charge in [0.05, 0.1) is 5.56 Å². The number of para-hydroxylation sites is 1. The van der Waals surface area contributed by atoms with Gasteiger partial charge in [0.2, 0.25) is 0 Å². The number of aromatic nitrogens is 1. The molecule has 0 unspecified atom stereocenters. The molecule has 4 nitrogen and oxygen atoms in total. The van der Waals surface area contributed by atoms with Crippen LogP contribution in [0.2, 0.25) is 0 Å². The van der Waals surface area contributed by atoms with Crippen molar-refractivity contribution in [2.75, 3.05) is 16.8 Å². The standard InChI is InChI=1S/C21H17F2N3O/c22-17-9-8-16(12-18(17)23)25-20-10-7-15(13-24-20)21(27)26-11-3-5-14-4-1-2-6-19(14)26/h1-2,4,6-10,12-13H,3,5,11H2,(H,24,25). The summed E-state index contributed by atoms with van der Waals surface area (Å²) in [6.07, 6.45) is 3.38. The molecule has 0 saturated heterocycles. The van der Waals surface area contributed by atoms with Crippen molar-refractivity contribution < 1.29 is 13.6 Å². The van der Waals surface area contributed by atoms with Crippen molar-refractivity contribution in [2.24, 2.45) is 0 Å². The number of hydrogen-bond donors (Lipinski definition) is 1. The van der Waals surface area contributed by atoms with Gasteiger partial charge in [-0.1, -0.05) is 18.2 Å². The molecule has 0 fully saturated rings. The molecule has 27 heavy (non-hydrogen) atoms. The van der Waals surface area contributed by atoms with Gasteiger partial charge in [-0.25, -0.2) is 13.8 Å². The number of aryl methyl sites for hydroxylation is 1. The quantitative estimate of drug-likeness (QED) is 0.732. The SMILES string of the molecule is O=C(c1ccc(Nc2ccc(F)c(F)c2)nc1)N1CCCc2ccccc21. The third-order valence-electron chi connectivity index (χ3n) is 4.56. The Morgan fingerprint density at radius 1 is 1.04 bits per heavy atom. The van der Waals surface area contributed by atoms with Gasteiger partial charge in [-0.2, -0.15) is 0 Å². The largest absolute Gasteiger partial charge is 0.340 e. The highest BCUT2D eigenvalue weighted by Crippen LogP contribution is 2.28. The van der Waals surface area contributed by atoms with Crippen molar-refractivity contribution in [3.63, 3.8) is 0 Å². The number of anilines is 3. The fraction of sp³-hybridized carbons (Fsp3) is 0.143. The minimum absolute atomic E-state index is 0.103. The smallest absolute Gasteiger partial charge is 0.259 e. The van der Waals surface area contributed by atoms with E-state index in [1.807, 2.05) is 24.3 Å². The number of carbonyl (C=O) groups excluding carboxylic acids is 1. The predicted octanol–water partition coefficient (Wildman–Crippen LogP) is 4.70. The molecule has 2 aromatic carbocycles.